The van der Waals surface area contributed by atoms with E-state index in [1.165, 1.54) is 6.33 Å². The van der Waals surface area contributed by atoms with E-state index >= 15 is 0 Å². The molecule has 1 aliphatic heterocycles. The highest BCUT2D eigenvalue weighted by Crippen LogP contribution is 2.30. The second kappa shape index (κ2) is 9.86. The number of nitrogens with zero attached hydrogens (tertiary/aromatic N) is 5. The second-order valence-electron chi connectivity index (χ2n) is 8.13. The number of hydrogen-bond acceptors (Lipinski definition) is 8. The quantitative estimate of drug-likeness (QED) is 0.480. The first-order valence-electron chi connectivity index (χ1n) is 11.0. The molecule has 3 heterocycles. The van der Waals surface area contributed by atoms with Crippen LogP contribution in [0.3, 0.4) is 0 Å². The van der Waals surface area contributed by atoms with Gasteiger partial charge in [0.05, 0.1) is 22.7 Å². The van der Waals surface area contributed by atoms with Gasteiger partial charge < -0.3 is 25.0 Å². The van der Waals surface area contributed by atoms with E-state index in [1.54, 1.807) is 11.1 Å². The summed E-state index contributed by atoms with van der Waals surface area (Å²) in [5, 5.41) is 14.4. The monoisotopic (exact) mass is 451 g/mol. The van der Waals surface area contributed by atoms with Gasteiger partial charge in [0.2, 0.25) is 5.91 Å². The van der Waals surface area contributed by atoms with Crippen LogP contribution in [0.15, 0.2) is 35.6 Å². The highest BCUT2D eigenvalue weighted by molar-refractivity contribution is 6.06. The summed E-state index contributed by atoms with van der Waals surface area (Å²) in [5.41, 5.74) is 1.70. The molecule has 10 nitrogen and oxygen atoms in total. The lowest BCUT2D eigenvalue weighted by molar-refractivity contribution is -0.134. The molecule has 2 bridgehead atoms. The van der Waals surface area contributed by atoms with Crippen molar-refractivity contribution >= 4 is 34.7 Å². The van der Waals surface area contributed by atoms with Gasteiger partial charge in [-0.05, 0) is 32.5 Å². The molecule has 3 aromatic rings. The van der Waals surface area contributed by atoms with E-state index in [0.717, 1.165) is 6.42 Å². The van der Waals surface area contributed by atoms with Gasteiger partial charge in [0.25, 0.3) is 0 Å². The number of carbonyl (C=O) groups excluding carboxylic acids is 1. The van der Waals surface area contributed by atoms with Crippen LogP contribution in [0.5, 0.6) is 11.6 Å². The van der Waals surface area contributed by atoms with Crippen LogP contribution in [-0.4, -0.2) is 88.4 Å². The standard InChI is InChI=1S/C23H29N7O3/c1-15-23(32)30(3)9-5-8-24-20-19-18(22(31)28-21(19)27-14-26-20)13-25-16-6-4-7-17(12-16)33-11-10-29(15)2/h4,6-7,12-15,31H,5,8-11H2,1-3H3,(H2,24,26,27,28). The smallest absolute Gasteiger partial charge is 0.239 e. The predicted molar refractivity (Wildman–Crippen MR) is 128 cm³/mol. The first-order valence-corrected chi connectivity index (χ1v) is 11.0. The Balaban J connectivity index is 1.67. The number of anilines is 1. The first kappa shape index (κ1) is 22.5. The third-order valence-corrected chi connectivity index (χ3v) is 5.84. The third kappa shape index (κ3) is 5.06. The van der Waals surface area contributed by atoms with Crippen molar-refractivity contribution in [2.45, 2.75) is 19.4 Å². The molecule has 174 valence electrons. The van der Waals surface area contributed by atoms with Crippen LogP contribution in [0.1, 0.15) is 18.9 Å². The second-order valence-corrected chi connectivity index (χ2v) is 8.13. The summed E-state index contributed by atoms with van der Waals surface area (Å²) in [5.74, 6) is 1.31. The largest absolute Gasteiger partial charge is 0.494 e. The summed E-state index contributed by atoms with van der Waals surface area (Å²) < 4.78 is 5.89. The van der Waals surface area contributed by atoms with Crippen molar-refractivity contribution < 1.29 is 14.6 Å². The molecule has 0 aliphatic carbocycles. The highest BCUT2D eigenvalue weighted by Gasteiger charge is 2.21. The zero-order valence-corrected chi connectivity index (χ0v) is 19.1. The van der Waals surface area contributed by atoms with Gasteiger partial charge in [-0.3, -0.25) is 14.7 Å². The average Bonchev–Trinajstić information content (AvgIpc) is 3.14. The van der Waals surface area contributed by atoms with Crippen LogP contribution in [0.2, 0.25) is 0 Å². The molecular weight excluding hydrogens is 422 g/mol. The Kier molecular flexibility index (Phi) is 6.74. The van der Waals surface area contributed by atoms with Gasteiger partial charge in [0.15, 0.2) is 5.88 Å². The zero-order valence-electron chi connectivity index (χ0n) is 19.1. The molecule has 1 aromatic carbocycles. The Bertz CT molecular complexity index is 1160. The molecule has 1 amide bonds. The summed E-state index contributed by atoms with van der Waals surface area (Å²) >= 11 is 0. The van der Waals surface area contributed by atoms with E-state index in [0.29, 0.717) is 60.1 Å². The number of carbonyl (C=O) groups is 1. The molecule has 2 aromatic heterocycles. The summed E-state index contributed by atoms with van der Waals surface area (Å²) in [7, 11) is 3.74. The van der Waals surface area contributed by atoms with E-state index in [4.69, 9.17) is 4.74 Å². The number of H-pyrrole nitrogens is 1. The van der Waals surface area contributed by atoms with Crippen molar-refractivity contribution in [2.24, 2.45) is 4.99 Å². The predicted octanol–water partition coefficient (Wildman–Crippen LogP) is 2.39. The summed E-state index contributed by atoms with van der Waals surface area (Å²) in [6, 6.07) is 7.16. The fourth-order valence-electron chi connectivity index (χ4n) is 3.73. The number of rotatable bonds is 0. The van der Waals surface area contributed by atoms with Crippen LogP contribution >= 0.6 is 0 Å². The van der Waals surface area contributed by atoms with Crippen LogP contribution in [0, 0.1) is 0 Å². The minimum Gasteiger partial charge on any atom is -0.494 e. The Labute approximate surface area is 192 Å². The maximum atomic E-state index is 12.8. The maximum Gasteiger partial charge on any atom is 0.239 e. The van der Waals surface area contributed by atoms with Crippen LogP contribution in [0.4, 0.5) is 11.5 Å². The fourth-order valence-corrected chi connectivity index (χ4v) is 3.73. The number of nitrogens with one attached hydrogen (secondary N) is 2. The number of likely N-dealkylation sites (N-methyl/N-ethyl adjacent to an activating group) is 2. The molecule has 1 atom stereocenters. The molecule has 1 aliphatic rings. The van der Waals surface area contributed by atoms with Crippen molar-refractivity contribution in [1.29, 1.82) is 0 Å². The lowest BCUT2D eigenvalue weighted by Gasteiger charge is -2.28. The Morgan fingerprint density at radius 1 is 1.21 bits per heavy atom. The highest BCUT2D eigenvalue weighted by atomic mass is 16.5. The van der Waals surface area contributed by atoms with Gasteiger partial charge >= 0.3 is 0 Å². The van der Waals surface area contributed by atoms with E-state index < -0.39 is 0 Å². The van der Waals surface area contributed by atoms with Gasteiger partial charge in [-0.25, -0.2) is 9.97 Å². The maximum absolute atomic E-state index is 12.8. The van der Waals surface area contributed by atoms with Crippen LogP contribution in [-0.2, 0) is 4.79 Å². The SMILES string of the molecule is CC1C(=O)N(C)CCCNc2ncnc3[nH]c(O)c(c23)C=Nc2cccc(c2)OCCN1C. The number of aliphatic imine (C=N–C) groups is 1. The minimum atomic E-state index is -0.253. The van der Waals surface area contributed by atoms with Crippen molar-refractivity contribution in [3.05, 3.63) is 36.2 Å². The van der Waals surface area contributed by atoms with Crippen molar-refractivity contribution in [2.75, 3.05) is 45.7 Å². The first-order chi connectivity index (χ1) is 15.9. The molecule has 0 saturated heterocycles. The number of benzene rings is 1. The van der Waals surface area contributed by atoms with Crippen molar-refractivity contribution in [3.8, 4) is 11.6 Å². The van der Waals surface area contributed by atoms with E-state index in [-0.39, 0.29) is 17.8 Å². The Morgan fingerprint density at radius 3 is 2.91 bits per heavy atom. The lowest BCUT2D eigenvalue weighted by atomic mass is 10.2. The molecule has 10 heteroatoms. The van der Waals surface area contributed by atoms with Gasteiger partial charge in [0, 0.05) is 39.0 Å². The molecule has 0 spiro atoms. The molecule has 33 heavy (non-hydrogen) atoms. The molecule has 0 radical (unpaired) electrons. The molecule has 1 unspecified atom stereocenters. The minimum absolute atomic E-state index is 0.0297. The zero-order chi connectivity index (χ0) is 23.4. The summed E-state index contributed by atoms with van der Waals surface area (Å²) in [6.07, 6.45) is 3.77. The fraction of sp³-hybridized carbons (Fsp3) is 0.391. The van der Waals surface area contributed by atoms with Gasteiger partial charge in [-0.1, -0.05) is 6.07 Å². The lowest BCUT2D eigenvalue weighted by Crippen LogP contribution is -2.45. The van der Waals surface area contributed by atoms with E-state index in [2.05, 4.69) is 25.3 Å². The normalized spacial score (nSPS) is 18.8. The summed E-state index contributed by atoms with van der Waals surface area (Å²) in [6.45, 7) is 4.17. The number of amides is 1. The molecule has 4 rings (SSSR count). The number of aromatic hydroxyl groups is 1. The Morgan fingerprint density at radius 2 is 2.06 bits per heavy atom. The molecule has 3 N–H and O–H groups in total. The number of fused-ring (bicyclic) bond motifs is 2. The van der Waals surface area contributed by atoms with Crippen molar-refractivity contribution in [3.63, 3.8) is 0 Å². The van der Waals surface area contributed by atoms with Crippen LogP contribution in [0.25, 0.3) is 11.0 Å². The number of aromatic nitrogens is 3. The van der Waals surface area contributed by atoms with Gasteiger partial charge in [-0.2, -0.15) is 0 Å². The third-order valence-electron chi connectivity index (χ3n) is 5.84. The number of ether oxygens (including phenoxy) is 1. The van der Waals surface area contributed by atoms with Gasteiger partial charge in [-0.15, -0.1) is 0 Å². The topological polar surface area (TPSA) is 119 Å². The summed E-state index contributed by atoms with van der Waals surface area (Å²) in [4.78, 5) is 32.5. The Hall–Kier alpha value is -3.66. The van der Waals surface area contributed by atoms with E-state index in [1.807, 2.05) is 50.2 Å². The molecular formula is C23H29N7O3. The van der Waals surface area contributed by atoms with Gasteiger partial charge in [0.1, 0.15) is 30.1 Å². The van der Waals surface area contributed by atoms with Crippen molar-refractivity contribution in [1.82, 2.24) is 24.8 Å². The average molecular weight is 452 g/mol. The molecule has 0 saturated carbocycles. The van der Waals surface area contributed by atoms with E-state index in [9.17, 15) is 9.90 Å². The number of aromatic amines is 1. The number of hydrogen-bond donors (Lipinski definition) is 3. The van der Waals surface area contributed by atoms with Crippen LogP contribution < -0.4 is 10.1 Å². The molecule has 0 fully saturated rings.